The molecule has 0 aromatic carbocycles. The lowest BCUT2D eigenvalue weighted by Gasteiger charge is -2.23. The van der Waals surface area contributed by atoms with Crippen LogP contribution in [0.1, 0.15) is 25.1 Å². The van der Waals surface area contributed by atoms with Gasteiger partial charge in [0.25, 0.3) is 0 Å². The zero-order chi connectivity index (χ0) is 12.6. The van der Waals surface area contributed by atoms with E-state index in [1.54, 1.807) is 30.3 Å². The Morgan fingerprint density at radius 3 is 2.71 bits per heavy atom. The molecule has 5 nitrogen and oxygen atoms in total. The van der Waals surface area contributed by atoms with Crippen LogP contribution in [-0.2, 0) is 9.59 Å². The number of amides is 1. The summed E-state index contributed by atoms with van der Waals surface area (Å²) in [5.41, 5.74) is 0. The van der Waals surface area contributed by atoms with E-state index in [0.717, 1.165) is 0 Å². The highest BCUT2D eigenvalue weighted by molar-refractivity contribution is 5.89. The second-order valence-corrected chi connectivity index (χ2v) is 4.43. The Morgan fingerprint density at radius 1 is 1.53 bits per heavy atom. The van der Waals surface area contributed by atoms with E-state index in [2.05, 4.69) is 0 Å². The smallest absolute Gasteiger partial charge is 0.307 e. The van der Waals surface area contributed by atoms with Gasteiger partial charge < -0.3 is 14.4 Å². The van der Waals surface area contributed by atoms with Crippen molar-refractivity contribution in [3.8, 4) is 0 Å². The summed E-state index contributed by atoms with van der Waals surface area (Å²) < 4.78 is 5.23. The van der Waals surface area contributed by atoms with Crippen LogP contribution in [0.15, 0.2) is 22.8 Å². The molecule has 1 amide bonds. The fraction of sp³-hybridized carbons (Fsp3) is 0.500. The number of carbonyl (C=O) groups excluding carboxylic acids is 1. The first-order chi connectivity index (χ1) is 8.02. The molecule has 3 atom stereocenters. The first-order valence-corrected chi connectivity index (χ1v) is 5.55. The third-order valence-corrected chi connectivity index (χ3v) is 3.31. The quantitative estimate of drug-likeness (QED) is 0.861. The van der Waals surface area contributed by atoms with Gasteiger partial charge in [-0.25, -0.2) is 0 Å². The summed E-state index contributed by atoms with van der Waals surface area (Å²) in [6.07, 6.45) is 2.00. The van der Waals surface area contributed by atoms with Crippen LogP contribution in [0, 0.1) is 11.8 Å². The maximum Gasteiger partial charge on any atom is 0.307 e. The largest absolute Gasteiger partial charge is 0.481 e. The summed E-state index contributed by atoms with van der Waals surface area (Å²) in [5.74, 6) is -1.18. The lowest BCUT2D eigenvalue weighted by Crippen LogP contribution is -2.31. The fourth-order valence-electron chi connectivity index (χ4n) is 1.91. The average Bonchev–Trinajstić information content (AvgIpc) is 2.93. The first-order valence-electron chi connectivity index (χ1n) is 5.55. The van der Waals surface area contributed by atoms with Gasteiger partial charge in [0, 0.05) is 7.05 Å². The molecule has 1 aromatic heterocycles. The van der Waals surface area contributed by atoms with Gasteiger partial charge in [-0.1, -0.05) is 0 Å². The molecule has 1 saturated carbocycles. The summed E-state index contributed by atoms with van der Waals surface area (Å²) in [6, 6.07) is 3.39. The van der Waals surface area contributed by atoms with E-state index < -0.39 is 11.9 Å². The van der Waals surface area contributed by atoms with Crippen LogP contribution >= 0.6 is 0 Å². The maximum atomic E-state index is 12.0. The van der Waals surface area contributed by atoms with Crippen molar-refractivity contribution < 1.29 is 19.1 Å². The molecule has 0 aliphatic heterocycles. The molecule has 1 aliphatic rings. The van der Waals surface area contributed by atoms with Crippen LogP contribution < -0.4 is 0 Å². The Bertz CT molecular complexity index is 426. The number of hydrogen-bond acceptors (Lipinski definition) is 3. The van der Waals surface area contributed by atoms with Gasteiger partial charge in [0.15, 0.2) is 0 Å². The van der Waals surface area contributed by atoms with Crippen LogP contribution in [-0.4, -0.2) is 28.9 Å². The molecule has 1 fully saturated rings. The fourth-order valence-corrected chi connectivity index (χ4v) is 1.91. The Balaban J connectivity index is 1.99. The van der Waals surface area contributed by atoms with Crippen molar-refractivity contribution in [3.63, 3.8) is 0 Å². The second-order valence-electron chi connectivity index (χ2n) is 4.43. The van der Waals surface area contributed by atoms with Gasteiger partial charge in [0.2, 0.25) is 5.91 Å². The van der Waals surface area contributed by atoms with Gasteiger partial charge in [-0.15, -0.1) is 0 Å². The summed E-state index contributed by atoms with van der Waals surface area (Å²) in [5, 5.41) is 8.79. The molecule has 92 valence electrons. The molecule has 1 heterocycles. The lowest BCUT2D eigenvalue weighted by molar-refractivity contribution is -0.142. The Labute approximate surface area is 99.0 Å². The van der Waals surface area contributed by atoms with Crippen molar-refractivity contribution in [3.05, 3.63) is 24.2 Å². The summed E-state index contributed by atoms with van der Waals surface area (Å²) in [6.45, 7) is 1.86. The van der Waals surface area contributed by atoms with E-state index in [4.69, 9.17) is 9.52 Å². The number of nitrogens with zero attached hydrogens (tertiary/aromatic N) is 1. The predicted octanol–water partition coefficient (Wildman–Crippen LogP) is 1.52. The third kappa shape index (κ3) is 2.18. The Morgan fingerprint density at radius 2 is 2.24 bits per heavy atom. The van der Waals surface area contributed by atoms with Crippen LogP contribution in [0.5, 0.6) is 0 Å². The molecular weight excluding hydrogens is 222 g/mol. The second kappa shape index (κ2) is 4.24. The van der Waals surface area contributed by atoms with E-state index in [1.807, 2.05) is 6.92 Å². The first kappa shape index (κ1) is 11.7. The average molecular weight is 237 g/mol. The van der Waals surface area contributed by atoms with Gasteiger partial charge in [0.1, 0.15) is 5.76 Å². The Hall–Kier alpha value is -1.78. The van der Waals surface area contributed by atoms with Crippen molar-refractivity contribution >= 4 is 11.9 Å². The molecule has 1 N–H and O–H groups in total. The minimum absolute atomic E-state index is 0.124. The van der Waals surface area contributed by atoms with E-state index in [1.165, 1.54) is 0 Å². The molecule has 0 unspecified atom stereocenters. The molecule has 0 radical (unpaired) electrons. The SMILES string of the molecule is C[C@H](c1ccco1)N(C)C(=O)[C@@H]1C[C@@H]1C(=O)O. The molecule has 2 rings (SSSR count). The summed E-state index contributed by atoms with van der Waals surface area (Å²) in [7, 11) is 1.67. The van der Waals surface area contributed by atoms with E-state index in [9.17, 15) is 9.59 Å². The van der Waals surface area contributed by atoms with Crippen molar-refractivity contribution in [2.24, 2.45) is 11.8 Å². The zero-order valence-corrected chi connectivity index (χ0v) is 9.79. The molecule has 1 aliphatic carbocycles. The molecule has 0 saturated heterocycles. The third-order valence-electron chi connectivity index (χ3n) is 3.31. The van der Waals surface area contributed by atoms with Crippen molar-refractivity contribution in [2.45, 2.75) is 19.4 Å². The number of aliphatic carboxylic acids is 1. The Kier molecular flexibility index (Phi) is 2.92. The minimum atomic E-state index is -0.887. The van der Waals surface area contributed by atoms with Crippen LogP contribution in [0.4, 0.5) is 0 Å². The van der Waals surface area contributed by atoms with Crippen molar-refractivity contribution in [1.29, 1.82) is 0 Å². The summed E-state index contributed by atoms with van der Waals surface area (Å²) >= 11 is 0. The molecule has 5 heteroatoms. The highest BCUT2D eigenvalue weighted by Crippen LogP contribution is 2.41. The number of furan rings is 1. The minimum Gasteiger partial charge on any atom is -0.481 e. The molecule has 0 spiro atoms. The standard InChI is InChI=1S/C12H15NO4/c1-7(10-4-3-5-17-10)13(2)11(14)8-6-9(8)12(15)16/h3-5,7-9H,6H2,1-2H3,(H,15,16)/t7-,8-,9+/m1/s1. The summed E-state index contributed by atoms with van der Waals surface area (Å²) in [4.78, 5) is 24.2. The highest BCUT2D eigenvalue weighted by Gasteiger charge is 2.49. The number of hydrogen-bond donors (Lipinski definition) is 1. The number of rotatable bonds is 4. The normalized spacial score (nSPS) is 24.1. The van der Waals surface area contributed by atoms with Crippen LogP contribution in [0.3, 0.4) is 0 Å². The number of carboxylic acids is 1. The zero-order valence-electron chi connectivity index (χ0n) is 9.79. The van der Waals surface area contributed by atoms with Crippen molar-refractivity contribution in [2.75, 3.05) is 7.05 Å². The van der Waals surface area contributed by atoms with Gasteiger partial charge in [0.05, 0.1) is 24.1 Å². The van der Waals surface area contributed by atoms with Gasteiger partial charge >= 0.3 is 5.97 Å². The topological polar surface area (TPSA) is 70.8 Å². The van der Waals surface area contributed by atoms with Crippen molar-refractivity contribution in [1.82, 2.24) is 4.90 Å². The lowest BCUT2D eigenvalue weighted by atomic mass is 10.2. The van der Waals surface area contributed by atoms with Gasteiger partial charge in [-0.2, -0.15) is 0 Å². The molecular formula is C12H15NO4. The molecule has 1 aromatic rings. The molecule has 0 bridgehead atoms. The monoisotopic (exact) mass is 237 g/mol. The number of carbonyl (C=O) groups is 2. The highest BCUT2D eigenvalue weighted by atomic mass is 16.4. The van der Waals surface area contributed by atoms with E-state index in [0.29, 0.717) is 12.2 Å². The van der Waals surface area contributed by atoms with Gasteiger partial charge in [-0.05, 0) is 25.5 Å². The predicted molar refractivity (Wildman–Crippen MR) is 59.1 cm³/mol. The van der Waals surface area contributed by atoms with Crippen LogP contribution in [0.2, 0.25) is 0 Å². The van der Waals surface area contributed by atoms with E-state index in [-0.39, 0.29) is 17.9 Å². The van der Waals surface area contributed by atoms with Gasteiger partial charge in [-0.3, -0.25) is 9.59 Å². The maximum absolute atomic E-state index is 12.0. The molecule has 17 heavy (non-hydrogen) atoms. The number of carboxylic acid groups (broad SMARTS) is 1. The van der Waals surface area contributed by atoms with Crippen LogP contribution in [0.25, 0.3) is 0 Å². The van der Waals surface area contributed by atoms with E-state index >= 15 is 0 Å².